The molecule has 0 saturated heterocycles. The molecule has 88 valence electrons. The molecule has 0 aromatic rings. The largest absolute Gasteiger partial charge is 0.480 e. The minimum Gasteiger partial charge on any atom is -0.480 e. The molecule has 0 bridgehead atoms. The quantitative estimate of drug-likeness (QED) is 0.593. The summed E-state index contributed by atoms with van der Waals surface area (Å²) in [6.45, 7) is 5.39. The van der Waals surface area contributed by atoms with Crippen molar-refractivity contribution in [3.05, 3.63) is 0 Å². The van der Waals surface area contributed by atoms with Gasteiger partial charge in [-0.25, -0.2) is 4.79 Å². The predicted molar refractivity (Wildman–Crippen MR) is 57.5 cm³/mol. The van der Waals surface area contributed by atoms with Gasteiger partial charge in [0.05, 0.1) is 6.04 Å². The third kappa shape index (κ3) is 4.29. The third-order valence-electron chi connectivity index (χ3n) is 2.60. The molecule has 0 rings (SSSR count). The number of hydrogen-bond acceptors (Lipinski definition) is 3. The maximum atomic E-state index is 11.5. The van der Waals surface area contributed by atoms with Gasteiger partial charge in [-0.3, -0.25) is 4.79 Å². The predicted octanol–water partition coefficient (Wildman–Crippen LogP) is 0.210. The molecule has 0 saturated carbocycles. The van der Waals surface area contributed by atoms with Crippen LogP contribution in [-0.2, 0) is 9.59 Å². The normalized spacial score (nSPS) is 16.5. The van der Waals surface area contributed by atoms with Crippen molar-refractivity contribution in [3.8, 4) is 0 Å². The van der Waals surface area contributed by atoms with E-state index in [1.165, 1.54) is 0 Å². The summed E-state index contributed by atoms with van der Waals surface area (Å²) in [5.74, 6) is -1.35. The lowest BCUT2D eigenvalue weighted by atomic mass is 9.99. The molecule has 0 aromatic carbocycles. The fourth-order valence-electron chi connectivity index (χ4n) is 1.09. The molecule has 3 atom stereocenters. The van der Waals surface area contributed by atoms with Gasteiger partial charge in [0, 0.05) is 0 Å². The van der Waals surface area contributed by atoms with Gasteiger partial charge < -0.3 is 15.7 Å². The topological polar surface area (TPSA) is 78.4 Å². The zero-order valence-electron chi connectivity index (χ0n) is 9.70. The van der Waals surface area contributed by atoms with E-state index in [0.717, 1.165) is 0 Å². The van der Waals surface area contributed by atoms with Crippen LogP contribution in [0.15, 0.2) is 0 Å². The van der Waals surface area contributed by atoms with Crippen LogP contribution in [0.1, 0.15) is 27.2 Å². The molecule has 3 N–H and O–H groups in total. The maximum absolute atomic E-state index is 11.5. The van der Waals surface area contributed by atoms with Crippen LogP contribution in [0.4, 0.5) is 0 Å². The molecule has 0 fully saturated rings. The molecule has 1 amide bonds. The Bertz CT molecular complexity index is 231. The number of likely N-dealkylation sites (N-methyl/N-ethyl adjacent to an activating group) is 1. The fourth-order valence-corrected chi connectivity index (χ4v) is 1.09. The number of carbonyl (C=O) groups is 2. The van der Waals surface area contributed by atoms with E-state index >= 15 is 0 Å². The van der Waals surface area contributed by atoms with Crippen LogP contribution in [0, 0.1) is 5.92 Å². The monoisotopic (exact) mass is 216 g/mol. The number of hydrogen-bond donors (Lipinski definition) is 3. The lowest BCUT2D eigenvalue weighted by molar-refractivity contribution is -0.143. The third-order valence-corrected chi connectivity index (χ3v) is 2.60. The van der Waals surface area contributed by atoms with Gasteiger partial charge in [-0.1, -0.05) is 20.3 Å². The Balaban J connectivity index is 4.42. The molecule has 0 aliphatic heterocycles. The summed E-state index contributed by atoms with van der Waals surface area (Å²) < 4.78 is 0. The summed E-state index contributed by atoms with van der Waals surface area (Å²) in [4.78, 5) is 22.4. The second-order valence-corrected chi connectivity index (χ2v) is 3.72. The number of carbonyl (C=O) groups excluding carboxylic acids is 1. The van der Waals surface area contributed by atoms with Crippen LogP contribution in [0.25, 0.3) is 0 Å². The van der Waals surface area contributed by atoms with Crippen molar-refractivity contribution in [1.29, 1.82) is 0 Å². The summed E-state index contributed by atoms with van der Waals surface area (Å²) in [5.41, 5.74) is 0. The molecule has 0 aromatic heterocycles. The molecular weight excluding hydrogens is 196 g/mol. The molecule has 2 unspecified atom stereocenters. The van der Waals surface area contributed by atoms with E-state index in [1.54, 1.807) is 14.0 Å². The first-order chi connectivity index (χ1) is 6.93. The van der Waals surface area contributed by atoms with Gasteiger partial charge in [-0.05, 0) is 19.9 Å². The summed E-state index contributed by atoms with van der Waals surface area (Å²) in [6, 6.07) is -1.19. The van der Waals surface area contributed by atoms with E-state index in [2.05, 4.69) is 10.6 Å². The zero-order chi connectivity index (χ0) is 12.0. The Morgan fingerprint density at radius 2 is 1.87 bits per heavy atom. The second kappa shape index (κ2) is 6.40. The van der Waals surface area contributed by atoms with E-state index < -0.39 is 12.0 Å². The van der Waals surface area contributed by atoms with E-state index in [9.17, 15) is 9.59 Å². The first-order valence-corrected chi connectivity index (χ1v) is 5.14. The van der Waals surface area contributed by atoms with Crippen LogP contribution < -0.4 is 10.6 Å². The number of carboxylic acid groups (broad SMARTS) is 1. The van der Waals surface area contributed by atoms with Gasteiger partial charge in [-0.2, -0.15) is 0 Å². The van der Waals surface area contributed by atoms with E-state index in [1.807, 2.05) is 13.8 Å². The molecule has 0 aliphatic rings. The number of nitrogens with one attached hydrogen (secondary N) is 2. The van der Waals surface area contributed by atoms with Crippen molar-refractivity contribution in [2.45, 2.75) is 39.3 Å². The van der Waals surface area contributed by atoms with Gasteiger partial charge >= 0.3 is 5.97 Å². The van der Waals surface area contributed by atoms with Crippen LogP contribution in [0.3, 0.4) is 0 Å². The molecule has 0 spiro atoms. The fraction of sp³-hybridized carbons (Fsp3) is 0.800. The Labute approximate surface area is 90.2 Å². The van der Waals surface area contributed by atoms with Gasteiger partial charge in [0.1, 0.15) is 6.04 Å². The number of carboxylic acids is 1. The van der Waals surface area contributed by atoms with Crippen molar-refractivity contribution in [2.75, 3.05) is 7.05 Å². The van der Waals surface area contributed by atoms with Crippen LogP contribution in [0.2, 0.25) is 0 Å². The Morgan fingerprint density at radius 3 is 2.20 bits per heavy atom. The van der Waals surface area contributed by atoms with Gasteiger partial charge in [0.25, 0.3) is 0 Å². The molecule has 0 heterocycles. The Hall–Kier alpha value is -1.10. The molecule has 5 nitrogen and oxygen atoms in total. The zero-order valence-corrected chi connectivity index (χ0v) is 9.70. The molecule has 15 heavy (non-hydrogen) atoms. The van der Waals surface area contributed by atoms with Crippen LogP contribution in [-0.4, -0.2) is 36.1 Å². The van der Waals surface area contributed by atoms with Crippen LogP contribution >= 0.6 is 0 Å². The van der Waals surface area contributed by atoms with Crippen molar-refractivity contribution in [1.82, 2.24) is 10.6 Å². The summed E-state index contributed by atoms with van der Waals surface area (Å²) in [5, 5.41) is 14.2. The molecule has 5 heteroatoms. The lowest BCUT2D eigenvalue weighted by Gasteiger charge is -2.21. The van der Waals surface area contributed by atoms with E-state index in [0.29, 0.717) is 6.42 Å². The van der Waals surface area contributed by atoms with Gasteiger partial charge in [0.15, 0.2) is 0 Å². The van der Waals surface area contributed by atoms with Crippen molar-refractivity contribution < 1.29 is 14.7 Å². The number of aliphatic carboxylic acids is 1. The number of rotatable bonds is 6. The molecule has 0 aliphatic carbocycles. The summed E-state index contributed by atoms with van der Waals surface area (Å²) >= 11 is 0. The first kappa shape index (κ1) is 13.9. The average molecular weight is 216 g/mol. The number of amides is 1. The average Bonchev–Trinajstić information content (AvgIpc) is 2.22. The highest BCUT2D eigenvalue weighted by atomic mass is 16.4. The SMILES string of the molecule is CCC(C)[C@H](NC(=O)C(C)NC)C(=O)O. The highest BCUT2D eigenvalue weighted by Gasteiger charge is 2.26. The maximum Gasteiger partial charge on any atom is 0.326 e. The van der Waals surface area contributed by atoms with Gasteiger partial charge in [-0.15, -0.1) is 0 Å². The summed E-state index contributed by atoms with van der Waals surface area (Å²) in [6.07, 6.45) is 0.713. The van der Waals surface area contributed by atoms with Crippen molar-refractivity contribution in [3.63, 3.8) is 0 Å². The standard InChI is InChI=1S/C10H20N2O3/c1-5-6(2)8(10(14)15)12-9(13)7(3)11-4/h6-8,11H,5H2,1-4H3,(H,12,13)(H,14,15)/t6?,7?,8-/m0/s1. The molecular formula is C10H20N2O3. The van der Waals surface area contributed by atoms with E-state index in [4.69, 9.17) is 5.11 Å². The van der Waals surface area contributed by atoms with Crippen LogP contribution in [0.5, 0.6) is 0 Å². The second-order valence-electron chi connectivity index (χ2n) is 3.72. The van der Waals surface area contributed by atoms with Gasteiger partial charge in [0.2, 0.25) is 5.91 Å². The first-order valence-electron chi connectivity index (χ1n) is 5.14. The summed E-state index contributed by atoms with van der Waals surface area (Å²) in [7, 11) is 1.66. The highest BCUT2D eigenvalue weighted by Crippen LogP contribution is 2.07. The lowest BCUT2D eigenvalue weighted by Crippen LogP contribution is -2.50. The van der Waals surface area contributed by atoms with Crippen molar-refractivity contribution >= 4 is 11.9 Å². The van der Waals surface area contributed by atoms with Crippen molar-refractivity contribution in [2.24, 2.45) is 5.92 Å². The Morgan fingerprint density at radius 1 is 1.33 bits per heavy atom. The highest BCUT2D eigenvalue weighted by molar-refractivity contribution is 5.86. The van der Waals surface area contributed by atoms with E-state index in [-0.39, 0.29) is 17.9 Å². The minimum absolute atomic E-state index is 0.0736. The Kier molecular flexibility index (Phi) is 5.93. The smallest absolute Gasteiger partial charge is 0.326 e. The minimum atomic E-state index is -0.985. The molecule has 0 radical (unpaired) electrons.